The highest BCUT2D eigenvalue weighted by atomic mass is 19.1. The van der Waals surface area contributed by atoms with E-state index in [1.807, 2.05) is 27.7 Å². The minimum Gasteiger partial charge on any atom is -0.444 e. The Balaban J connectivity index is 2.11. The number of aryl methyl sites for hydroxylation is 1. The first kappa shape index (κ1) is 19.7. The second-order valence-electron chi connectivity index (χ2n) is 7.86. The van der Waals surface area contributed by atoms with Gasteiger partial charge in [-0.1, -0.05) is 6.07 Å². The lowest BCUT2D eigenvalue weighted by Crippen LogP contribution is -2.52. The number of ether oxygens (including phenoxy) is 1. The van der Waals surface area contributed by atoms with Crippen molar-refractivity contribution in [1.82, 2.24) is 4.90 Å². The standard InChI is InChI=1S/C19H29FN2O3/c1-13-11-14(20)5-6-15(13)16(12-21)19(24)7-9-22(10-8-19)17(23)25-18(2,3)4/h5-6,11,16,24H,7-10,12,21H2,1-4H3. The van der Waals surface area contributed by atoms with Crippen molar-refractivity contribution in [2.45, 2.75) is 57.7 Å². The van der Waals surface area contributed by atoms with Crippen molar-refractivity contribution in [2.75, 3.05) is 19.6 Å². The molecule has 1 aromatic carbocycles. The van der Waals surface area contributed by atoms with Crippen molar-refractivity contribution in [3.05, 3.63) is 35.1 Å². The highest BCUT2D eigenvalue weighted by Crippen LogP contribution is 2.37. The number of nitrogens with two attached hydrogens (primary N) is 1. The molecule has 1 saturated heterocycles. The second kappa shape index (κ2) is 7.30. The Morgan fingerprint density at radius 2 is 2.00 bits per heavy atom. The molecule has 140 valence electrons. The van der Waals surface area contributed by atoms with Gasteiger partial charge >= 0.3 is 6.09 Å². The summed E-state index contributed by atoms with van der Waals surface area (Å²) < 4.78 is 18.8. The number of likely N-dealkylation sites (tertiary alicyclic amines) is 1. The van der Waals surface area contributed by atoms with Crippen molar-refractivity contribution in [3.63, 3.8) is 0 Å². The first-order valence-corrected chi connectivity index (χ1v) is 8.72. The maximum atomic E-state index is 13.4. The minimum atomic E-state index is -1.02. The molecule has 5 nitrogen and oxygen atoms in total. The molecular formula is C19H29FN2O3. The third-order valence-electron chi connectivity index (χ3n) is 4.77. The van der Waals surface area contributed by atoms with E-state index < -0.39 is 11.2 Å². The van der Waals surface area contributed by atoms with Gasteiger partial charge in [-0.2, -0.15) is 0 Å². The molecule has 1 amide bonds. The molecule has 1 atom stereocenters. The number of rotatable bonds is 3. The van der Waals surface area contributed by atoms with Gasteiger partial charge in [0.2, 0.25) is 0 Å². The van der Waals surface area contributed by atoms with Crippen molar-refractivity contribution < 1.29 is 19.0 Å². The highest BCUT2D eigenvalue weighted by Gasteiger charge is 2.42. The Morgan fingerprint density at radius 1 is 1.40 bits per heavy atom. The van der Waals surface area contributed by atoms with Crippen LogP contribution in [0.1, 0.15) is 50.7 Å². The normalized spacial score (nSPS) is 18.8. The molecule has 1 unspecified atom stereocenters. The number of piperidine rings is 1. The van der Waals surface area contributed by atoms with E-state index in [1.54, 1.807) is 11.0 Å². The molecule has 0 bridgehead atoms. The lowest BCUT2D eigenvalue weighted by molar-refractivity contribution is -0.0470. The number of nitrogens with zero attached hydrogens (tertiary/aromatic N) is 1. The Hall–Kier alpha value is -1.66. The van der Waals surface area contributed by atoms with Gasteiger partial charge < -0.3 is 20.5 Å². The Kier molecular flexibility index (Phi) is 5.74. The van der Waals surface area contributed by atoms with Gasteiger partial charge in [0, 0.05) is 25.6 Å². The van der Waals surface area contributed by atoms with Crippen LogP contribution >= 0.6 is 0 Å². The van der Waals surface area contributed by atoms with Crippen LogP contribution in [0.5, 0.6) is 0 Å². The van der Waals surface area contributed by atoms with E-state index in [2.05, 4.69) is 0 Å². The SMILES string of the molecule is Cc1cc(F)ccc1C(CN)C1(O)CCN(C(=O)OC(C)(C)C)CC1. The number of benzene rings is 1. The largest absolute Gasteiger partial charge is 0.444 e. The number of carbonyl (C=O) groups is 1. The van der Waals surface area contributed by atoms with Gasteiger partial charge in [0.05, 0.1) is 5.60 Å². The quantitative estimate of drug-likeness (QED) is 0.877. The maximum Gasteiger partial charge on any atom is 0.410 e. The number of hydrogen-bond acceptors (Lipinski definition) is 4. The fourth-order valence-electron chi connectivity index (χ4n) is 3.42. The molecule has 0 aromatic heterocycles. The Bertz CT molecular complexity index is 620. The monoisotopic (exact) mass is 352 g/mol. The molecule has 1 heterocycles. The highest BCUT2D eigenvalue weighted by molar-refractivity contribution is 5.68. The second-order valence-corrected chi connectivity index (χ2v) is 7.86. The lowest BCUT2D eigenvalue weighted by Gasteiger charge is -2.43. The van der Waals surface area contributed by atoms with E-state index in [0.29, 0.717) is 25.9 Å². The topological polar surface area (TPSA) is 75.8 Å². The predicted molar refractivity (Wildman–Crippen MR) is 94.9 cm³/mol. The predicted octanol–water partition coefficient (Wildman–Crippen LogP) is 2.94. The summed E-state index contributed by atoms with van der Waals surface area (Å²) in [5.74, 6) is -0.599. The first-order valence-electron chi connectivity index (χ1n) is 8.72. The zero-order chi connectivity index (χ0) is 18.8. The van der Waals surface area contributed by atoms with E-state index in [1.165, 1.54) is 12.1 Å². The van der Waals surface area contributed by atoms with Gasteiger partial charge in [0.1, 0.15) is 11.4 Å². The van der Waals surface area contributed by atoms with Crippen LogP contribution in [0, 0.1) is 12.7 Å². The van der Waals surface area contributed by atoms with Gasteiger partial charge in [-0.15, -0.1) is 0 Å². The fraction of sp³-hybridized carbons (Fsp3) is 0.632. The van der Waals surface area contributed by atoms with E-state index in [9.17, 15) is 14.3 Å². The third-order valence-corrected chi connectivity index (χ3v) is 4.77. The molecule has 6 heteroatoms. The van der Waals surface area contributed by atoms with Gasteiger partial charge in [-0.05, 0) is 63.8 Å². The summed E-state index contributed by atoms with van der Waals surface area (Å²) in [5, 5.41) is 11.2. The van der Waals surface area contributed by atoms with Crippen LogP contribution < -0.4 is 5.73 Å². The molecule has 0 aliphatic carbocycles. The van der Waals surface area contributed by atoms with Crippen LogP contribution in [0.3, 0.4) is 0 Å². The fourth-order valence-corrected chi connectivity index (χ4v) is 3.42. The molecule has 0 spiro atoms. The Morgan fingerprint density at radius 3 is 2.48 bits per heavy atom. The van der Waals surface area contributed by atoms with Gasteiger partial charge in [-0.3, -0.25) is 0 Å². The summed E-state index contributed by atoms with van der Waals surface area (Å²) in [6, 6.07) is 4.54. The van der Waals surface area contributed by atoms with Crippen molar-refractivity contribution in [3.8, 4) is 0 Å². The van der Waals surface area contributed by atoms with Crippen LogP contribution in [-0.2, 0) is 4.74 Å². The lowest BCUT2D eigenvalue weighted by atomic mass is 9.75. The number of amides is 1. The first-order chi connectivity index (χ1) is 11.6. The molecule has 1 aromatic rings. The molecule has 0 radical (unpaired) electrons. The molecule has 3 N–H and O–H groups in total. The zero-order valence-electron chi connectivity index (χ0n) is 15.5. The van der Waals surface area contributed by atoms with Gasteiger partial charge in [-0.25, -0.2) is 9.18 Å². The number of aliphatic hydroxyl groups is 1. The number of halogens is 1. The van der Waals surface area contributed by atoms with Crippen LogP contribution in [0.25, 0.3) is 0 Å². The summed E-state index contributed by atoms with van der Waals surface area (Å²) in [5.41, 5.74) is 6.02. The Labute approximate surface area is 149 Å². The summed E-state index contributed by atoms with van der Waals surface area (Å²) in [4.78, 5) is 13.8. The molecular weight excluding hydrogens is 323 g/mol. The van der Waals surface area contributed by atoms with Crippen molar-refractivity contribution in [2.24, 2.45) is 5.73 Å². The zero-order valence-corrected chi connectivity index (χ0v) is 15.5. The van der Waals surface area contributed by atoms with E-state index in [0.717, 1.165) is 11.1 Å². The average Bonchev–Trinajstić information content (AvgIpc) is 2.49. The average molecular weight is 352 g/mol. The van der Waals surface area contributed by atoms with Crippen LogP contribution in [0.2, 0.25) is 0 Å². The minimum absolute atomic E-state index is 0.259. The summed E-state index contributed by atoms with van der Waals surface area (Å²) in [6.45, 7) is 8.37. The molecule has 0 saturated carbocycles. The van der Waals surface area contributed by atoms with Crippen molar-refractivity contribution >= 4 is 6.09 Å². The van der Waals surface area contributed by atoms with E-state index >= 15 is 0 Å². The third kappa shape index (κ3) is 4.70. The maximum absolute atomic E-state index is 13.4. The van der Waals surface area contributed by atoms with Crippen molar-refractivity contribution in [1.29, 1.82) is 0 Å². The molecule has 1 aliphatic heterocycles. The molecule has 1 aliphatic rings. The van der Waals surface area contributed by atoms with Crippen LogP contribution in [-0.4, -0.2) is 46.9 Å². The smallest absolute Gasteiger partial charge is 0.410 e. The number of hydrogen-bond donors (Lipinski definition) is 2. The summed E-state index contributed by atoms with van der Waals surface area (Å²) in [7, 11) is 0. The van der Waals surface area contributed by atoms with Crippen LogP contribution in [0.15, 0.2) is 18.2 Å². The van der Waals surface area contributed by atoms with E-state index in [-0.39, 0.29) is 24.4 Å². The molecule has 1 fully saturated rings. The van der Waals surface area contributed by atoms with E-state index in [4.69, 9.17) is 10.5 Å². The van der Waals surface area contributed by atoms with Gasteiger partial charge in [0.15, 0.2) is 0 Å². The molecule has 2 rings (SSSR count). The summed E-state index contributed by atoms with van der Waals surface area (Å²) in [6.07, 6.45) is 0.451. The summed E-state index contributed by atoms with van der Waals surface area (Å²) >= 11 is 0. The van der Waals surface area contributed by atoms with Crippen LogP contribution in [0.4, 0.5) is 9.18 Å². The number of carbonyl (C=O) groups excluding carboxylic acids is 1. The molecule has 25 heavy (non-hydrogen) atoms. The van der Waals surface area contributed by atoms with Gasteiger partial charge in [0.25, 0.3) is 0 Å².